The molecule has 0 aromatic heterocycles. The minimum absolute atomic E-state index is 0.106. The molecule has 0 aliphatic carbocycles. The maximum Gasteiger partial charge on any atom is 0.490 e. The van der Waals surface area contributed by atoms with Crippen molar-refractivity contribution < 1.29 is 10.0 Å². The van der Waals surface area contributed by atoms with Crippen LogP contribution in [0.4, 0.5) is 0 Å². The first kappa shape index (κ1) is 10.2. The van der Waals surface area contributed by atoms with E-state index in [1.165, 1.54) is 12.1 Å². The molecule has 0 atom stereocenters. The summed E-state index contributed by atoms with van der Waals surface area (Å²) >= 11 is 16.9. The van der Waals surface area contributed by atoms with E-state index in [4.69, 9.17) is 44.9 Å². The molecule has 0 unspecified atom stereocenters. The van der Waals surface area contributed by atoms with Crippen molar-refractivity contribution in [3.05, 3.63) is 27.2 Å². The summed E-state index contributed by atoms with van der Waals surface area (Å²) in [7, 11) is -1.66. The van der Waals surface area contributed by atoms with Crippen molar-refractivity contribution in [1.82, 2.24) is 0 Å². The highest BCUT2D eigenvalue weighted by atomic mass is 35.5. The van der Waals surface area contributed by atoms with E-state index >= 15 is 0 Å². The van der Waals surface area contributed by atoms with Crippen LogP contribution in [0.5, 0.6) is 0 Å². The highest BCUT2D eigenvalue weighted by Crippen LogP contribution is 2.23. The van der Waals surface area contributed by atoms with Gasteiger partial charge in [-0.25, -0.2) is 0 Å². The lowest BCUT2D eigenvalue weighted by Gasteiger charge is -2.04. The Hall–Kier alpha value is 0.0749. The highest BCUT2D eigenvalue weighted by Gasteiger charge is 2.17. The maximum absolute atomic E-state index is 8.81. The Labute approximate surface area is 84.8 Å². The van der Waals surface area contributed by atoms with Gasteiger partial charge in [0.05, 0.1) is 10.0 Å². The Morgan fingerprint density at radius 3 is 2.17 bits per heavy atom. The Kier molecular flexibility index (Phi) is 3.26. The van der Waals surface area contributed by atoms with E-state index in [-0.39, 0.29) is 15.5 Å². The van der Waals surface area contributed by atoms with Crippen LogP contribution in [-0.4, -0.2) is 17.2 Å². The fourth-order valence-corrected chi connectivity index (χ4v) is 1.48. The minimum Gasteiger partial charge on any atom is -0.423 e. The molecule has 1 aromatic rings. The van der Waals surface area contributed by atoms with E-state index in [2.05, 4.69) is 0 Å². The van der Waals surface area contributed by atoms with Crippen LogP contribution in [-0.2, 0) is 0 Å². The van der Waals surface area contributed by atoms with Crippen molar-refractivity contribution >= 4 is 47.4 Å². The van der Waals surface area contributed by atoms with Crippen molar-refractivity contribution in [3.63, 3.8) is 0 Å². The zero-order chi connectivity index (χ0) is 9.30. The summed E-state index contributed by atoms with van der Waals surface area (Å²) in [6, 6.07) is 2.78. The van der Waals surface area contributed by atoms with Crippen LogP contribution in [0, 0.1) is 0 Å². The molecule has 1 rings (SSSR count). The van der Waals surface area contributed by atoms with Crippen LogP contribution >= 0.6 is 34.8 Å². The Morgan fingerprint density at radius 2 is 1.67 bits per heavy atom. The van der Waals surface area contributed by atoms with Gasteiger partial charge >= 0.3 is 7.12 Å². The predicted molar refractivity (Wildman–Crippen MR) is 51.3 cm³/mol. The SMILES string of the molecule is OB(O)c1cc(Cl)cc(Cl)c1Cl. The van der Waals surface area contributed by atoms with Crippen molar-refractivity contribution in [2.24, 2.45) is 0 Å². The lowest BCUT2D eigenvalue weighted by atomic mass is 9.80. The van der Waals surface area contributed by atoms with E-state index in [9.17, 15) is 0 Å². The summed E-state index contributed by atoms with van der Waals surface area (Å²) in [5.41, 5.74) is 0.106. The Morgan fingerprint density at radius 1 is 1.08 bits per heavy atom. The molecule has 6 heteroatoms. The molecule has 0 aliphatic heterocycles. The average Bonchev–Trinajstić information content (AvgIpc) is 1.96. The molecule has 2 N–H and O–H groups in total. The zero-order valence-electron chi connectivity index (χ0n) is 5.76. The van der Waals surface area contributed by atoms with Gasteiger partial charge in [0.15, 0.2) is 0 Å². The van der Waals surface area contributed by atoms with Crippen molar-refractivity contribution in [2.45, 2.75) is 0 Å². The first-order valence-corrected chi connectivity index (χ1v) is 4.16. The van der Waals surface area contributed by atoms with Crippen LogP contribution in [0.15, 0.2) is 12.1 Å². The molecule has 64 valence electrons. The lowest BCUT2D eigenvalue weighted by molar-refractivity contribution is 0.426. The summed E-state index contributed by atoms with van der Waals surface area (Å²) in [6.45, 7) is 0. The number of benzene rings is 1. The Balaban J connectivity index is 3.28. The van der Waals surface area contributed by atoms with Gasteiger partial charge in [0.1, 0.15) is 0 Å². The lowest BCUT2D eigenvalue weighted by Crippen LogP contribution is -2.30. The normalized spacial score (nSPS) is 10.1. The number of halogens is 3. The van der Waals surface area contributed by atoms with E-state index in [0.717, 1.165) is 0 Å². The third kappa shape index (κ3) is 2.06. The molecule has 0 aliphatic rings. The second-order valence-electron chi connectivity index (χ2n) is 2.16. The summed E-state index contributed by atoms with van der Waals surface area (Å²) in [4.78, 5) is 0. The van der Waals surface area contributed by atoms with Gasteiger partial charge in [-0.2, -0.15) is 0 Å². The quantitative estimate of drug-likeness (QED) is 0.559. The van der Waals surface area contributed by atoms with Gasteiger partial charge in [-0.05, 0) is 12.1 Å². The Bertz CT molecular complexity index is 303. The van der Waals surface area contributed by atoms with Crippen molar-refractivity contribution in [3.8, 4) is 0 Å². The summed E-state index contributed by atoms with van der Waals surface area (Å²) in [5, 5.41) is 18.2. The molecule has 12 heavy (non-hydrogen) atoms. The molecule has 2 nitrogen and oxygen atoms in total. The molecular weight excluding hydrogens is 221 g/mol. The van der Waals surface area contributed by atoms with Gasteiger partial charge in [0.25, 0.3) is 0 Å². The molecule has 0 fully saturated rings. The molecule has 0 amide bonds. The molecule has 0 heterocycles. The molecule has 0 spiro atoms. The van der Waals surface area contributed by atoms with E-state index in [1.54, 1.807) is 0 Å². The fraction of sp³-hybridized carbons (Fsp3) is 0. The van der Waals surface area contributed by atoms with Crippen LogP contribution in [0.25, 0.3) is 0 Å². The van der Waals surface area contributed by atoms with E-state index in [0.29, 0.717) is 5.02 Å². The fourth-order valence-electron chi connectivity index (χ4n) is 0.764. The van der Waals surface area contributed by atoms with Gasteiger partial charge in [-0.15, -0.1) is 0 Å². The standard InChI is InChI=1S/C6H4BCl3O2/c8-3-1-4(7(11)12)6(10)5(9)2-3/h1-2,11-12H. The van der Waals surface area contributed by atoms with Gasteiger partial charge < -0.3 is 10.0 Å². The smallest absolute Gasteiger partial charge is 0.423 e. The third-order valence-corrected chi connectivity index (χ3v) is 2.33. The van der Waals surface area contributed by atoms with Gasteiger partial charge in [-0.1, -0.05) is 34.8 Å². The van der Waals surface area contributed by atoms with E-state index < -0.39 is 7.12 Å². The second kappa shape index (κ2) is 3.86. The molecular formula is C6H4BCl3O2. The van der Waals surface area contributed by atoms with Crippen LogP contribution in [0.3, 0.4) is 0 Å². The zero-order valence-corrected chi connectivity index (χ0v) is 8.03. The van der Waals surface area contributed by atoms with Crippen LogP contribution < -0.4 is 5.46 Å². The second-order valence-corrected chi connectivity index (χ2v) is 3.39. The van der Waals surface area contributed by atoms with E-state index in [1.807, 2.05) is 0 Å². The summed E-state index contributed by atoms with van der Waals surface area (Å²) in [5.74, 6) is 0. The monoisotopic (exact) mass is 224 g/mol. The van der Waals surface area contributed by atoms with Crippen molar-refractivity contribution in [1.29, 1.82) is 0 Å². The summed E-state index contributed by atoms with van der Waals surface area (Å²) < 4.78 is 0. The molecule has 0 radical (unpaired) electrons. The number of hydrogen-bond acceptors (Lipinski definition) is 2. The van der Waals surface area contributed by atoms with Crippen LogP contribution in [0.1, 0.15) is 0 Å². The van der Waals surface area contributed by atoms with Gasteiger partial charge in [0, 0.05) is 10.5 Å². The average molecular weight is 225 g/mol. The molecule has 0 saturated heterocycles. The summed E-state index contributed by atoms with van der Waals surface area (Å²) in [6.07, 6.45) is 0. The topological polar surface area (TPSA) is 40.5 Å². The van der Waals surface area contributed by atoms with Gasteiger partial charge in [0.2, 0.25) is 0 Å². The predicted octanol–water partition coefficient (Wildman–Crippen LogP) is 1.33. The molecule has 1 aromatic carbocycles. The highest BCUT2D eigenvalue weighted by molar-refractivity contribution is 6.64. The maximum atomic E-state index is 8.81. The third-order valence-electron chi connectivity index (χ3n) is 1.30. The number of hydrogen-bond donors (Lipinski definition) is 2. The first-order chi connectivity index (χ1) is 5.52. The van der Waals surface area contributed by atoms with Crippen LogP contribution in [0.2, 0.25) is 15.1 Å². The number of rotatable bonds is 1. The largest absolute Gasteiger partial charge is 0.490 e. The molecule has 0 bridgehead atoms. The van der Waals surface area contributed by atoms with Crippen molar-refractivity contribution in [2.75, 3.05) is 0 Å². The van der Waals surface area contributed by atoms with Gasteiger partial charge in [-0.3, -0.25) is 0 Å². The minimum atomic E-state index is -1.66. The first-order valence-electron chi connectivity index (χ1n) is 3.03. The molecule has 0 saturated carbocycles.